The molecule has 0 aliphatic heterocycles. The molecule has 2 aromatic rings. The summed E-state index contributed by atoms with van der Waals surface area (Å²) in [5.74, 6) is 1.43. The Morgan fingerprint density at radius 2 is 1.90 bits per heavy atom. The number of hydrogen-bond acceptors (Lipinski definition) is 4. The number of nitrogens with zero attached hydrogens (tertiary/aromatic N) is 2. The van der Waals surface area contributed by atoms with Crippen LogP contribution < -0.4 is 10.6 Å². The Morgan fingerprint density at radius 3 is 2.60 bits per heavy atom. The summed E-state index contributed by atoms with van der Waals surface area (Å²) in [6.07, 6.45) is 1.51. The molecule has 0 amide bonds. The van der Waals surface area contributed by atoms with Crippen molar-refractivity contribution in [3.63, 3.8) is 0 Å². The van der Waals surface area contributed by atoms with Crippen LogP contribution in [0.4, 0.5) is 17.3 Å². The van der Waals surface area contributed by atoms with Crippen LogP contribution in [0, 0.1) is 6.92 Å². The molecule has 4 nitrogen and oxygen atoms in total. The largest absolute Gasteiger partial charge is 0.369 e. The molecule has 20 heavy (non-hydrogen) atoms. The molecule has 1 heterocycles. The Kier molecular flexibility index (Phi) is 5.23. The Morgan fingerprint density at radius 1 is 1.20 bits per heavy atom. The van der Waals surface area contributed by atoms with Crippen molar-refractivity contribution < 1.29 is 0 Å². The number of nitrogens with one attached hydrogen (secondary N) is 2. The summed E-state index contributed by atoms with van der Waals surface area (Å²) in [6, 6.07) is 3.83. The average molecular weight is 421 g/mol. The SMILES string of the molecule is CCNc1ncnc(Nc2cc(Cl)c(C)cc2Br)c1Br. The molecule has 2 rings (SSSR count). The summed E-state index contributed by atoms with van der Waals surface area (Å²) in [6.45, 7) is 4.76. The summed E-state index contributed by atoms with van der Waals surface area (Å²) in [7, 11) is 0. The standard InChI is InChI=1S/C13H13Br2ClN4/c1-3-17-12-11(15)13(19-6-18-12)20-10-5-9(16)7(2)4-8(10)14/h4-6H,3H2,1-2H3,(H2,17,18,19,20). The van der Waals surface area contributed by atoms with Crippen LogP contribution in [0.3, 0.4) is 0 Å². The molecule has 0 radical (unpaired) electrons. The number of benzene rings is 1. The zero-order chi connectivity index (χ0) is 14.7. The first-order valence-corrected chi connectivity index (χ1v) is 7.96. The fourth-order valence-corrected chi connectivity index (χ4v) is 2.78. The normalized spacial score (nSPS) is 10.4. The van der Waals surface area contributed by atoms with Crippen LogP contribution in [0.1, 0.15) is 12.5 Å². The highest BCUT2D eigenvalue weighted by atomic mass is 79.9. The van der Waals surface area contributed by atoms with Crippen LogP contribution in [0.5, 0.6) is 0 Å². The molecule has 106 valence electrons. The molecule has 7 heteroatoms. The quantitative estimate of drug-likeness (QED) is 0.719. The molecule has 0 aliphatic rings. The lowest BCUT2D eigenvalue weighted by Gasteiger charge is -2.13. The summed E-state index contributed by atoms with van der Waals surface area (Å²) >= 11 is 13.2. The summed E-state index contributed by atoms with van der Waals surface area (Å²) in [5, 5.41) is 7.10. The lowest BCUT2D eigenvalue weighted by atomic mass is 10.2. The van der Waals surface area contributed by atoms with Crippen LogP contribution in [0.15, 0.2) is 27.4 Å². The lowest BCUT2D eigenvalue weighted by molar-refractivity contribution is 1.10. The summed E-state index contributed by atoms with van der Waals surface area (Å²) in [4.78, 5) is 8.41. The minimum absolute atomic E-state index is 0.677. The van der Waals surface area contributed by atoms with Gasteiger partial charge in [0.15, 0.2) is 0 Å². The molecule has 0 aliphatic carbocycles. The highest BCUT2D eigenvalue weighted by molar-refractivity contribution is 9.11. The van der Waals surface area contributed by atoms with Crippen molar-refractivity contribution in [2.45, 2.75) is 13.8 Å². The monoisotopic (exact) mass is 418 g/mol. The lowest BCUT2D eigenvalue weighted by Crippen LogP contribution is -2.04. The molecule has 1 aromatic heterocycles. The second-order valence-corrected chi connectivity index (χ2v) is 6.18. The highest BCUT2D eigenvalue weighted by Gasteiger charge is 2.11. The van der Waals surface area contributed by atoms with Gasteiger partial charge >= 0.3 is 0 Å². The molecule has 0 saturated heterocycles. The molecule has 0 bridgehead atoms. The van der Waals surface area contributed by atoms with Crippen molar-refractivity contribution in [3.8, 4) is 0 Å². The fourth-order valence-electron chi connectivity index (χ4n) is 1.62. The Bertz CT molecular complexity index is 634. The highest BCUT2D eigenvalue weighted by Crippen LogP contribution is 2.34. The van der Waals surface area contributed by atoms with Gasteiger partial charge in [0.1, 0.15) is 22.4 Å². The molecule has 0 unspecified atom stereocenters. The number of rotatable bonds is 4. The van der Waals surface area contributed by atoms with Gasteiger partial charge in [-0.1, -0.05) is 11.6 Å². The van der Waals surface area contributed by atoms with E-state index in [1.54, 1.807) is 0 Å². The maximum absolute atomic E-state index is 6.16. The predicted molar refractivity (Wildman–Crippen MR) is 91.1 cm³/mol. The Balaban J connectivity index is 2.35. The number of hydrogen-bond donors (Lipinski definition) is 2. The number of halogens is 3. The van der Waals surface area contributed by atoms with Crippen molar-refractivity contribution in [2.24, 2.45) is 0 Å². The Labute approximate surface area is 139 Å². The zero-order valence-electron chi connectivity index (χ0n) is 11.0. The molecule has 1 aromatic carbocycles. The minimum atomic E-state index is 0.677. The first-order valence-electron chi connectivity index (χ1n) is 6.00. The molecular weight excluding hydrogens is 407 g/mol. The first-order chi connectivity index (χ1) is 9.52. The molecule has 0 saturated carbocycles. The molecule has 0 atom stereocenters. The van der Waals surface area contributed by atoms with Gasteiger partial charge in [0.25, 0.3) is 0 Å². The number of aromatic nitrogens is 2. The molecule has 0 spiro atoms. The zero-order valence-corrected chi connectivity index (χ0v) is 14.9. The van der Waals surface area contributed by atoms with Gasteiger partial charge < -0.3 is 10.6 Å². The van der Waals surface area contributed by atoms with E-state index < -0.39 is 0 Å². The molecule has 2 N–H and O–H groups in total. The third-order valence-electron chi connectivity index (χ3n) is 2.64. The van der Waals surface area contributed by atoms with Gasteiger partial charge in [-0.3, -0.25) is 0 Å². The minimum Gasteiger partial charge on any atom is -0.369 e. The summed E-state index contributed by atoms with van der Waals surface area (Å²) in [5.41, 5.74) is 1.86. The van der Waals surface area contributed by atoms with E-state index in [-0.39, 0.29) is 0 Å². The average Bonchev–Trinajstić information content (AvgIpc) is 2.40. The van der Waals surface area contributed by atoms with Crippen molar-refractivity contribution >= 4 is 60.8 Å². The van der Waals surface area contributed by atoms with Crippen molar-refractivity contribution in [1.29, 1.82) is 0 Å². The molecule has 0 fully saturated rings. The van der Waals surface area contributed by atoms with Gasteiger partial charge in [-0.25, -0.2) is 9.97 Å². The van der Waals surface area contributed by atoms with Crippen LogP contribution in [-0.2, 0) is 0 Å². The van der Waals surface area contributed by atoms with Gasteiger partial charge in [0, 0.05) is 16.0 Å². The van der Waals surface area contributed by atoms with Gasteiger partial charge in [-0.2, -0.15) is 0 Å². The first kappa shape index (κ1) is 15.5. The van der Waals surface area contributed by atoms with Crippen molar-refractivity contribution in [3.05, 3.63) is 38.0 Å². The van der Waals surface area contributed by atoms with Crippen molar-refractivity contribution in [1.82, 2.24) is 9.97 Å². The second-order valence-electron chi connectivity index (χ2n) is 4.12. The van der Waals surface area contributed by atoms with E-state index in [0.29, 0.717) is 10.8 Å². The molecular formula is C13H13Br2ClN4. The van der Waals surface area contributed by atoms with E-state index in [1.165, 1.54) is 6.33 Å². The van der Waals surface area contributed by atoms with E-state index in [0.717, 1.165) is 32.6 Å². The van der Waals surface area contributed by atoms with E-state index in [2.05, 4.69) is 52.5 Å². The van der Waals surface area contributed by atoms with E-state index in [4.69, 9.17) is 11.6 Å². The fraction of sp³-hybridized carbons (Fsp3) is 0.231. The van der Waals surface area contributed by atoms with E-state index in [9.17, 15) is 0 Å². The third-order valence-corrected chi connectivity index (χ3v) is 4.45. The number of aryl methyl sites for hydroxylation is 1. The van der Waals surface area contributed by atoms with Gasteiger partial charge in [0.05, 0.1) is 5.69 Å². The summed E-state index contributed by atoms with van der Waals surface area (Å²) < 4.78 is 1.71. The third kappa shape index (κ3) is 3.42. The Hall–Kier alpha value is -0.850. The van der Waals surface area contributed by atoms with Gasteiger partial charge in [-0.15, -0.1) is 0 Å². The smallest absolute Gasteiger partial charge is 0.150 e. The van der Waals surface area contributed by atoms with E-state index >= 15 is 0 Å². The van der Waals surface area contributed by atoms with Crippen LogP contribution >= 0.6 is 43.5 Å². The predicted octanol–water partition coefficient (Wildman–Crippen LogP) is 5.14. The van der Waals surface area contributed by atoms with Gasteiger partial charge in [-0.05, 0) is 63.4 Å². The topological polar surface area (TPSA) is 49.8 Å². The van der Waals surface area contributed by atoms with E-state index in [1.807, 2.05) is 26.0 Å². The maximum atomic E-state index is 6.16. The van der Waals surface area contributed by atoms with Crippen LogP contribution in [0.25, 0.3) is 0 Å². The van der Waals surface area contributed by atoms with Crippen LogP contribution in [0.2, 0.25) is 5.02 Å². The maximum Gasteiger partial charge on any atom is 0.150 e. The number of anilines is 3. The van der Waals surface area contributed by atoms with Crippen LogP contribution in [-0.4, -0.2) is 16.5 Å². The van der Waals surface area contributed by atoms with Crippen molar-refractivity contribution in [2.75, 3.05) is 17.2 Å². The second kappa shape index (κ2) is 6.74. The van der Waals surface area contributed by atoms with Gasteiger partial charge in [0.2, 0.25) is 0 Å².